The highest BCUT2D eigenvalue weighted by atomic mass is 79.9. The zero-order valence-electron chi connectivity index (χ0n) is 11.9. The van der Waals surface area contributed by atoms with E-state index in [-0.39, 0.29) is 0 Å². The third kappa shape index (κ3) is 2.36. The number of piperazine rings is 1. The molecule has 104 valence electrons. The Hall–Kier alpha value is -0.740. The summed E-state index contributed by atoms with van der Waals surface area (Å²) < 4.78 is 1.24. The minimum atomic E-state index is 0.594. The van der Waals surface area contributed by atoms with E-state index in [9.17, 15) is 0 Å². The van der Waals surface area contributed by atoms with Crippen LogP contribution in [-0.2, 0) is 6.42 Å². The van der Waals surface area contributed by atoms with Gasteiger partial charge in [-0.3, -0.25) is 4.90 Å². The summed E-state index contributed by atoms with van der Waals surface area (Å²) in [4.78, 5) is 4.98. The van der Waals surface area contributed by atoms with Crippen LogP contribution in [0, 0.1) is 0 Å². The molecule has 0 bridgehead atoms. The minimum Gasteiger partial charge on any atom is -0.384 e. The van der Waals surface area contributed by atoms with Crippen molar-refractivity contribution in [2.24, 2.45) is 0 Å². The molecule has 4 heteroatoms. The molecule has 2 unspecified atom stereocenters. The van der Waals surface area contributed by atoms with Crippen molar-refractivity contribution in [3.05, 3.63) is 22.2 Å². The Morgan fingerprint density at radius 2 is 1.89 bits per heavy atom. The third-order valence-corrected chi connectivity index (χ3v) is 5.22. The van der Waals surface area contributed by atoms with Crippen LogP contribution in [-0.4, -0.2) is 43.7 Å². The number of halogens is 1. The molecule has 0 aromatic heterocycles. The van der Waals surface area contributed by atoms with Crippen LogP contribution >= 0.6 is 15.9 Å². The van der Waals surface area contributed by atoms with E-state index in [1.807, 2.05) is 0 Å². The first-order valence-electron chi connectivity index (χ1n) is 7.09. The molecule has 0 aliphatic carbocycles. The van der Waals surface area contributed by atoms with E-state index in [4.69, 9.17) is 0 Å². The van der Waals surface area contributed by atoms with Crippen LogP contribution in [0.5, 0.6) is 0 Å². The Balaban J connectivity index is 1.90. The van der Waals surface area contributed by atoms with Gasteiger partial charge in [-0.25, -0.2) is 0 Å². The molecule has 1 aromatic rings. The Morgan fingerprint density at radius 1 is 1.21 bits per heavy atom. The number of fused-ring (bicyclic) bond motifs is 1. The first-order valence-corrected chi connectivity index (χ1v) is 7.88. The number of anilines is 2. The second kappa shape index (κ2) is 4.98. The highest BCUT2D eigenvalue weighted by Gasteiger charge is 2.28. The summed E-state index contributed by atoms with van der Waals surface area (Å²) in [7, 11) is 2.23. The first kappa shape index (κ1) is 13.3. The van der Waals surface area contributed by atoms with Crippen molar-refractivity contribution in [2.75, 3.05) is 36.9 Å². The monoisotopic (exact) mass is 323 g/mol. The van der Waals surface area contributed by atoms with E-state index in [0.717, 1.165) is 26.1 Å². The Morgan fingerprint density at radius 3 is 2.58 bits per heavy atom. The average Bonchev–Trinajstić information content (AvgIpc) is 2.81. The quantitative estimate of drug-likeness (QED) is 0.857. The highest BCUT2D eigenvalue weighted by Crippen LogP contribution is 2.36. The van der Waals surface area contributed by atoms with Gasteiger partial charge in [-0.2, -0.15) is 0 Å². The van der Waals surface area contributed by atoms with Gasteiger partial charge in [0.15, 0.2) is 0 Å². The molecule has 0 spiro atoms. The van der Waals surface area contributed by atoms with Crippen LogP contribution in [0.2, 0.25) is 0 Å². The Kier molecular flexibility index (Phi) is 3.48. The predicted octanol–water partition coefficient (Wildman–Crippen LogP) is 2.95. The molecule has 1 fully saturated rings. The van der Waals surface area contributed by atoms with Gasteiger partial charge in [0.2, 0.25) is 0 Å². The van der Waals surface area contributed by atoms with Gasteiger partial charge in [0.25, 0.3) is 0 Å². The van der Waals surface area contributed by atoms with Crippen LogP contribution in [0.3, 0.4) is 0 Å². The number of hydrogen-bond donors (Lipinski definition) is 1. The number of rotatable bonds is 1. The standard InChI is InChI=1S/C15H22BrN3/c1-10-8-19(9-11(2)18(10)3)15-7-14-12(4-5-17-14)6-13(15)16/h6-7,10-11,17H,4-5,8-9H2,1-3H3. The zero-order chi connectivity index (χ0) is 13.6. The first-order chi connectivity index (χ1) is 9.06. The van der Waals surface area contributed by atoms with Gasteiger partial charge < -0.3 is 10.2 Å². The van der Waals surface area contributed by atoms with Gasteiger partial charge in [0.1, 0.15) is 0 Å². The summed E-state index contributed by atoms with van der Waals surface area (Å²) >= 11 is 3.76. The summed E-state index contributed by atoms with van der Waals surface area (Å²) in [6.07, 6.45) is 1.14. The van der Waals surface area contributed by atoms with Gasteiger partial charge in [-0.1, -0.05) is 0 Å². The number of nitrogens with one attached hydrogen (secondary N) is 1. The second-order valence-corrected chi connectivity index (χ2v) is 6.76. The lowest BCUT2D eigenvalue weighted by Gasteiger charge is -2.43. The second-order valence-electron chi connectivity index (χ2n) is 5.91. The molecule has 2 aliphatic heterocycles. The topological polar surface area (TPSA) is 18.5 Å². The van der Waals surface area contributed by atoms with E-state index in [2.05, 4.69) is 64.1 Å². The predicted molar refractivity (Wildman–Crippen MR) is 85.2 cm³/mol. The van der Waals surface area contributed by atoms with Crippen molar-refractivity contribution >= 4 is 27.3 Å². The minimum absolute atomic E-state index is 0.594. The molecule has 3 nitrogen and oxygen atoms in total. The van der Waals surface area contributed by atoms with Crippen molar-refractivity contribution in [3.8, 4) is 0 Å². The number of nitrogens with zero attached hydrogens (tertiary/aromatic N) is 2. The Bertz CT molecular complexity index is 477. The normalized spacial score (nSPS) is 27.3. The molecule has 3 rings (SSSR count). The highest BCUT2D eigenvalue weighted by molar-refractivity contribution is 9.10. The van der Waals surface area contributed by atoms with Crippen LogP contribution in [0.15, 0.2) is 16.6 Å². The molecule has 0 radical (unpaired) electrons. The van der Waals surface area contributed by atoms with Crippen LogP contribution in [0.25, 0.3) is 0 Å². The maximum Gasteiger partial charge on any atom is 0.0532 e. The molecule has 19 heavy (non-hydrogen) atoms. The van der Waals surface area contributed by atoms with E-state index < -0.39 is 0 Å². The molecule has 1 aromatic carbocycles. The maximum absolute atomic E-state index is 3.76. The zero-order valence-corrected chi connectivity index (χ0v) is 13.5. The Labute approximate surface area is 124 Å². The molecule has 1 saturated heterocycles. The summed E-state index contributed by atoms with van der Waals surface area (Å²) in [5.41, 5.74) is 4.09. The summed E-state index contributed by atoms with van der Waals surface area (Å²) in [5.74, 6) is 0. The van der Waals surface area contributed by atoms with Gasteiger partial charge in [0, 0.05) is 41.9 Å². The van der Waals surface area contributed by atoms with E-state index >= 15 is 0 Å². The fraction of sp³-hybridized carbons (Fsp3) is 0.600. The fourth-order valence-electron chi connectivity index (χ4n) is 3.15. The molecular weight excluding hydrogens is 302 g/mol. The molecule has 0 amide bonds. The number of benzene rings is 1. The van der Waals surface area contributed by atoms with E-state index in [0.29, 0.717) is 12.1 Å². The van der Waals surface area contributed by atoms with Crippen LogP contribution < -0.4 is 10.2 Å². The van der Waals surface area contributed by atoms with E-state index in [1.54, 1.807) is 0 Å². The molecule has 2 aliphatic rings. The molecule has 2 atom stereocenters. The summed E-state index contributed by atoms with van der Waals surface area (Å²) in [6.45, 7) is 7.88. The van der Waals surface area contributed by atoms with Gasteiger partial charge in [0.05, 0.1) is 5.69 Å². The largest absolute Gasteiger partial charge is 0.384 e. The molecule has 2 heterocycles. The number of hydrogen-bond acceptors (Lipinski definition) is 3. The molecule has 0 saturated carbocycles. The van der Waals surface area contributed by atoms with Crippen molar-refractivity contribution in [2.45, 2.75) is 32.4 Å². The van der Waals surface area contributed by atoms with E-state index in [1.165, 1.54) is 21.4 Å². The molecule has 1 N–H and O–H groups in total. The molecular formula is C15H22BrN3. The van der Waals surface area contributed by atoms with Crippen LogP contribution in [0.4, 0.5) is 11.4 Å². The summed E-state index contributed by atoms with van der Waals surface area (Å²) in [6, 6.07) is 5.80. The SMILES string of the molecule is CC1CN(c2cc3c(cc2Br)CCN3)CC(C)N1C. The van der Waals surface area contributed by atoms with Gasteiger partial charge in [-0.05, 0) is 60.9 Å². The lowest BCUT2D eigenvalue weighted by molar-refractivity contribution is 0.170. The summed E-state index contributed by atoms with van der Waals surface area (Å²) in [5, 5.41) is 3.48. The fourth-order valence-corrected chi connectivity index (χ4v) is 3.79. The average molecular weight is 324 g/mol. The number of likely N-dealkylation sites (N-methyl/N-ethyl adjacent to an activating group) is 1. The maximum atomic E-state index is 3.76. The van der Waals surface area contributed by atoms with Gasteiger partial charge in [-0.15, -0.1) is 0 Å². The van der Waals surface area contributed by atoms with Crippen LogP contribution in [0.1, 0.15) is 19.4 Å². The lowest BCUT2D eigenvalue weighted by atomic mass is 10.1. The lowest BCUT2D eigenvalue weighted by Crippen LogP contribution is -2.55. The van der Waals surface area contributed by atoms with Crippen molar-refractivity contribution < 1.29 is 0 Å². The van der Waals surface area contributed by atoms with Gasteiger partial charge >= 0.3 is 0 Å². The smallest absolute Gasteiger partial charge is 0.0532 e. The van der Waals surface area contributed by atoms with Crippen molar-refractivity contribution in [3.63, 3.8) is 0 Å². The third-order valence-electron chi connectivity index (χ3n) is 4.58. The van der Waals surface area contributed by atoms with Crippen molar-refractivity contribution in [1.82, 2.24) is 4.90 Å². The van der Waals surface area contributed by atoms with Crippen molar-refractivity contribution in [1.29, 1.82) is 0 Å².